The molecule has 20 heavy (non-hydrogen) atoms. The van der Waals surface area contributed by atoms with Gasteiger partial charge in [0.05, 0.1) is 17.3 Å². The lowest BCUT2D eigenvalue weighted by atomic mass is 10.3. The summed E-state index contributed by atoms with van der Waals surface area (Å²) in [4.78, 5) is 4.56. The maximum atomic E-state index is 5.61. The van der Waals surface area contributed by atoms with Crippen molar-refractivity contribution in [1.82, 2.24) is 4.98 Å². The molecule has 2 aromatic rings. The van der Waals surface area contributed by atoms with E-state index < -0.39 is 0 Å². The van der Waals surface area contributed by atoms with E-state index >= 15 is 0 Å². The maximum Gasteiger partial charge on any atom is 0.183 e. The van der Waals surface area contributed by atoms with Crippen molar-refractivity contribution in [3.63, 3.8) is 0 Å². The number of fused-ring (bicyclic) bond motifs is 1. The predicted octanol–water partition coefficient (Wildman–Crippen LogP) is 3.53. The molecule has 1 aliphatic carbocycles. The van der Waals surface area contributed by atoms with Gasteiger partial charge in [0.25, 0.3) is 0 Å². The number of methoxy groups -OCH3 is 1. The second kappa shape index (κ2) is 6.41. The minimum absolute atomic E-state index is 0.836. The summed E-state index contributed by atoms with van der Waals surface area (Å²) in [5, 5.41) is 4.33. The monoisotopic (exact) mass is 292 g/mol. The summed E-state index contributed by atoms with van der Waals surface area (Å²) in [5.41, 5.74) is 1.02. The smallest absolute Gasteiger partial charge is 0.183 e. The lowest BCUT2D eigenvalue weighted by Gasteiger charge is -2.03. The van der Waals surface area contributed by atoms with E-state index in [1.165, 1.54) is 12.8 Å². The third-order valence-corrected chi connectivity index (χ3v) is 4.36. The van der Waals surface area contributed by atoms with Gasteiger partial charge in [-0.15, -0.1) is 0 Å². The second-order valence-electron chi connectivity index (χ2n) is 5.15. The zero-order valence-electron chi connectivity index (χ0n) is 11.7. The molecule has 0 spiro atoms. The molecule has 0 amide bonds. The molecule has 1 heterocycles. The van der Waals surface area contributed by atoms with Crippen LogP contribution in [0.3, 0.4) is 0 Å². The number of thiazole rings is 1. The molecule has 3 rings (SSSR count). The first kappa shape index (κ1) is 13.6. The Labute approximate surface area is 123 Å². The molecule has 1 N–H and O–H groups in total. The Kier molecular flexibility index (Phi) is 4.38. The number of benzene rings is 1. The Hall–Kier alpha value is -1.33. The van der Waals surface area contributed by atoms with E-state index in [1.807, 2.05) is 18.2 Å². The number of nitrogens with one attached hydrogen (secondary N) is 1. The van der Waals surface area contributed by atoms with E-state index in [0.717, 1.165) is 53.2 Å². The van der Waals surface area contributed by atoms with Crippen LogP contribution >= 0.6 is 11.3 Å². The largest absolute Gasteiger partial charge is 0.497 e. The Morgan fingerprint density at radius 2 is 2.30 bits per heavy atom. The minimum Gasteiger partial charge on any atom is -0.497 e. The van der Waals surface area contributed by atoms with Gasteiger partial charge in [-0.3, -0.25) is 0 Å². The van der Waals surface area contributed by atoms with Crippen molar-refractivity contribution < 1.29 is 9.47 Å². The number of ether oxygens (including phenoxy) is 2. The van der Waals surface area contributed by atoms with Gasteiger partial charge < -0.3 is 14.8 Å². The van der Waals surface area contributed by atoms with E-state index in [1.54, 1.807) is 18.4 Å². The lowest BCUT2D eigenvalue weighted by Crippen LogP contribution is -2.06. The number of hydrogen-bond acceptors (Lipinski definition) is 5. The fourth-order valence-electron chi connectivity index (χ4n) is 2.01. The number of hydrogen-bond donors (Lipinski definition) is 1. The topological polar surface area (TPSA) is 43.4 Å². The standard InChI is InChI=1S/C15H20N2O2S/c1-18-12-5-6-13-14(9-12)20-15(17-13)16-7-2-8-19-10-11-3-4-11/h5-6,9,11H,2-4,7-8,10H2,1H3,(H,16,17). The van der Waals surface area contributed by atoms with Crippen LogP contribution in [0.5, 0.6) is 5.75 Å². The number of rotatable bonds is 8. The van der Waals surface area contributed by atoms with Gasteiger partial charge in [0.15, 0.2) is 5.13 Å². The molecule has 1 aromatic carbocycles. The molecule has 0 bridgehead atoms. The van der Waals surface area contributed by atoms with Crippen molar-refractivity contribution in [1.29, 1.82) is 0 Å². The second-order valence-corrected chi connectivity index (χ2v) is 6.18. The van der Waals surface area contributed by atoms with Crippen LogP contribution in [-0.4, -0.2) is 31.9 Å². The number of nitrogens with zero attached hydrogens (tertiary/aromatic N) is 1. The van der Waals surface area contributed by atoms with Crippen LogP contribution in [0.4, 0.5) is 5.13 Å². The molecule has 0 atom stereocenters. The fraction of sp³-hybridized carbons (Fsp3) is 0.533. The van der Waals surface area contributed by atoms with Gasteiger partial charge in [0.2, 0.25) is 0 Å². The van der Waals surface area contributed by atoms with Gasteiger partial charge in [-0.05, 0) is 43.4 Å². The zero-order chi connectivity index (χ0) is 13.8. The zero-order valence-corrected chi connectivity index (χ0v) is 12.5. The Morgan fingerprint density at radius 3 is 3.10 bits per heavy atom. The minimum atomic E-state index is 0.836. The summed E-state index contributed by atoms with van der Waals surface area (Å²) in [6.45, 7) is 2.69. The molecule has 0 radical (unpaired) electrons. The molecule has 0 saturated heterocycles. The average Bonchev–Trinajstić information content (AvgIpc) is 3.20. The summed E-state index contributed by atoms with van der Waals surface area (Å²) in [6.07, 6.45) is 3.73. The van der Waals surface area contributed by atoms with Crippen molar-refractivity contribution in [2.24, 2.45) is 5.92 Å². The highest BCUT2D eigenvalue weighted by molar-refractivity contribution is 7.22. The van der Waals surface area contributed by atoms with E-state index in [-0.39, 0.29) is 0 Å². The molecule has 1 aromatic heterocycles. The lowest BCUT2D eigenvalue weighted by molar-refractivity contribution is 0.124. The first-order valence-electron chi connectivity index (χ1n) is 7.11. The molecule has 1 saturated carbocycles. The van der Waals surface area contributed by atoms with Crippen molar-refractivity contribution >= 4 is 26.7 Å². The number of anilines is 1. The first-order valence-corrected chi connectivity index (χ1v) is 7.93. The summed E-state index contributed by atoms with van der Waals surface area (Å²) < 4.78 is 12.0. The number of aromatic nitrogens is 1. The third kappa shape index (κ3) is 3.61. The molecule has 1 fully saturated rings. The van der Waals surface area contributed by atoms with Crippen LogP contribution < -0.4 is 10.1 Å². The molecule has 0 unspecified atom stereocenters. The Morgan fingerprint density at radius 1 is 1.40 bits per heavy atom. The summed E-state index contributed by atoms with van der Waals surface area (Å²) in [5.74, 6) is 1.73. The van der Waals surface area contributed by atoms with E-state index in [0.29, 0.717) is 0 Å². The van der Waals surface area contributed by atoms with Crippen molar-refractivity contribution in [2.75, 3.05) is 32.2 Å². The molecular weight excluding hydrogens is 272 g/mol. The summed E-state index contributed by atoms with van der Waals surface area (Å²) >= 11 is 1.66. The quantitative estimate of drug-likeness (QED) is 0.756. The molecule has 0 aliphatic heterocycles. The SMILES string of the molecule is COc1ccc2nc(NCCCOCC3CC3)sc2c1. The van der Waals surface area contributed by atoms with Gasteiger partial charge in [-0.25, -0.2) is 4.98 Å². The van der Waals surface area contributed by atoms with Gasteiger partial charge in [-0.1, -0.05) is 11.3 Å². The summed E-state index contributed by atoms with van der Waals surface area (Å²) in [6, 6.07) is 5.96. The van der Waals surface area contributed by atoms with Crippen LogP contribution in [0.1, 0.15) is 19.3 Å². The molecule has 4 nitrogen and oxygen atoms in total. The van der Waals surface area contributed by atoms with Gasteiger partial charge in [0, 0.05) is 19.8 Å². The molecular formula is C15H20N2O2S. The van der Waals surface area contributed by atoms with E-state index in [2.05, 4.69) is 10.3 Å². The van der Waals surface area contributed by atoms with Crippen molar-refractivity contribution in [2.45, 2.75) is 19.3 Å². The Bertz CT molecular complexity index is 566. The molecule has 108 valence electrons. The average molecular weight is 292 g/mol. The maximum absolute atomic E-state index is 5.61. The fourth-order valence-corrected chi connectivity index (χ4v) is 2.93. The van der Waals surface area contributed by atoms with E-state index in [4.69, 9.17) is 9.47 Å². The summed E-state index contributed by atoms with van der Waals surface area (Å²) in [7, 11) is 1.68. The van der Waals surface area contributed by atoms with Gasteiger partial charge >= 0.3 is 0 Å². The Balaban J connectivity index is 1.44. The molecule has 1 aliphatic rings. The third-order valence-electron chi connectivity index (χ3n) is 3.39. The van der Waals surface area contributed by atoms with Crippen molar-refractivity contribution in [3.05, 3.63) is 18.2 Å². The highest BCUT2D eigenvalue weighted by Gasteiger charge is 2.20. The predicted molar refractivity (Wildman–Crippen MR) is 82.8 cm³/mol. The van der Waals surface area contributed by atoms with Crippen LogP contribution in [0.2, 0.25) is 0 Å². The first-order chi connectivity index (χ1) is 9.85. The van der Waals surface area contributed by atoms with Crippen LogP contribution in [0.25, 0.3) is 10.2 Å². The van der Waals surface area contributed by atoms with Gasteiger partial charge in [0.1, 0.15) is 5.75 Å². The van der Waals surface area contributed by atoms with E-state index in [9.17, 15) is 0 Å². The normalized spacial score (nSPS) is 14.7. The van der Waals surface area contributed by atoms with Gasteiger partial charge in [-0.2, -0.15) is 0 Å². The van der Waals surface area contributed by atoms with Crippen LogP contribution in [0.15, 0.2) is 18.2 Å². The van der Waals surface area contributed by atoms with Crippen molar-refractivity contribution in [3.8, 4) is 5.75 Å². The molecule has 5 heteroatoms. The highest BCUT2D eigenvalue weighted by Crippen LogP contribution is 2.29. The van der Waals surface area contributed by atoms with Crippen LogP contribution in [0, 0.1) is 5.92 Å². The van der Waals surface area contributed by atoms with Crippen LogP contribution in [-0.2, 0) is 4.74 Å². The highest BCUT2D eigenvalue weighted by atomic mass is 32.1.